The zero-order chi connectivity index (χ0) is 24.2. The van der Waals surface area contributed by atoms with Gasteiger partial charge in [-0.2, -0.15) is 5.10 Å². The minimum absolute atomic E-state index is 0.00381. The number of phenolic OH excluding ortho intramolecular Hbond substituents is 1. The number of thioether (sulfide) groups is 1. The highest BCUT2D eigenvalue weighted by Crippen LogP contribution is 2.26. The Morgan fingerprint density at radius 2 is 1.91 bits per heavy atom. The van der Waals surface area contributed by atoms with Crippen molar-refractivity contribution in [1.82, 2.24) is 15.0 Å². The van der Waals surface area contributed by atoms with Crippen molar-refractivity contribution < 1.29 is 9.90 Å². The minimum atomic E-state index is -0.361. The van der Waals surface area contributed by atoms with E-state index in [1.165, 1.54) is 6.21 Å². The molecule has 1 amide bonds. The van der Waals surface area contributed by atoms with Crippen LogP contribution in [0.1, 0.15) is 11.1 Å². The number of phenols is 1. The van der Waals surface area contributed by atoms with E-state index >= 15 is 0 Å². The van der Waals surface area contributed by atoms with E-state index in [1.54, 1.807) is 28.8 Å². The van der Waals surface area contributed by atoms with E-state index in [1.807, 2.05) is 65.9 Å². The summed E-state index contributed by atoms with van der Waals surface area (Å²) in [7, 11) is 0. The van der Waals surface area contributed by atoms with Crippen molar-refractivity contribution in [3.8, 4) is 11.4 Å². The van der Waals surface area contributed by atoms with Gasteiger partial charge in [-0.3, -0.25) is 14.2 Å². The molecule has 34 heavy (non-hydrogen) atoms. The van der Waals surface area contributed by atoms with E-state index in [4.69, 9.17) is 0 Å². The maximum atomic E-state index is 13.3. The fourth-order valence-corrected chi connectivity index (χ4v) is 5.94. The van der Waals surface area contributed by atoms with Crippen molar-refractivity contribution in [2.75, 3.05) is 5.75 Å². The van der Waals surface area contributed by atoms with Crippen LogP contribution in [-0.4, -0.2) is 32.5 Å². The van der Waals surface area contributed by atoms with E-state index in [-0.39, 0.29) is 23.0 Å². The standard InChI is InChI=1S/C24H18I2N4O3S/c1-14-6-2-5-9-20(14)30-23(33)17-7-3-4-8-19(17)28-24(30)34-13-21(31)29-27-12-15-10-16(25)11-18(26)22(15)32/h2-12,32H,13H2,1H3,(H,29,31)/b27-12-. The molecule has 3 aromatic carbocycles. The number of hydrogen-bond donors (Lipinski definition) is 2. The molecule has 4 rings (SSSR count). The van der Waals surface area contributed by atoms with Crippen LogP contribution in [0.5, 0.6) is 5.75 Å². The lowest BCUT2D eigenvalue weighted by atomic mass is 10.2. The van der Waals surface area contributed by atoms with Crippen LogP contribution in [0.25, 0.3) is 16.6 Å². The second kappa shape index (κ2) is 10.9. The highest BCUT2D eigenvalue weighted by molar-refractivity contribution is 14.1. The van der Waals surface area contributed by atoms with Gasteiger partial charge in [0.15, 0.2) is 5.16 Å². The van der Waals surface area contributed by atoms with Crippen molar-refractivity contribution in [2.45, 2.75) is 12.1 Å². The van der Waals surface area contributed by atoms with Crippen molar-refractivity contribution in [3.63, 3.8) is 0 Å². The van der Waals surface area contributed by atoms with E-state index in [0.29, 0.717) is 25.2 Å². The molecule has 0 unspecified atom stereocenters. The lowest BCUT2D eigenvalue weighted by Gasteiger charge is -2.14. The maximum absolute atomic E-state index is 13.3. The first-order valence-corrected chi connectivity index (χ1v) is 13.2. The quantitative estimate of drug-likeness (QED) is 0.0989. The first-order chi connectivity index (χ1) is 16.3. The molecule has 0 fully saturated rings. The molecule has 0 aliphatic heterocycles. The molecule has 1 heterocycles. The molecule has 0 aliphatic rings. The zero-order valence-electron chi connectivity index (χ0n) is 17.8. The van der Waals surface area contributed by atoms with Gasteiger partial charge in [0.1, 0.15) is 5.75 Å². The third-order valence-electron chi connectivity index (χ3n) is 4.88. The highest BCUT2D eigenvalue weighted by atomic mass is 127. The van der Waals surface area contributed by atoms with E-state index in [2.05, 4.69) is 38.1 Å². The normalized spacial score (nSPS) is 11.3. The molecule has 10 heteroatoms. The van der Waals surface area contributed by atoms with Gasteiger partial charge in [0, 0.05) is 9.13 Å². The molecular formula is C24H18I2N4O3S. The first-order valence-electron chi connectivity index (χ1n) is 10.1. The summed E-state index contributed by atoms with van der Waals surface area (Å²) in [6.45, 7) is 1.92. The minimum Gasteiger partial charge on any atom is -0.506 e. The number of amides is 1. The molecule has 4 aromatic rings. The molecular weight excluding hydrogens is 678 g/mol. The molecule has 0 radical (unpaired) electrons. The van der Waals surface area contributed by atoms with Gasteiger partial charge < -0.3 is 5.11 Å². The van der Waals surface area contributed by atoms with Crippen LogP contribution in [0.2, 0.25) is 0 Å². The monoisotopic (exact) mass is 696 g/mol. The molecule has 0 saturated carbocycles. The Hall–Kier alpha value is -2.45. The van der Waals surface area contributed by atoms with Crippen LogP contribution in [0.4, 0.5) is 0 Å². The number of carbonyl (C=O) groups is 1. The molecule has 1 aromatic heterocycles. The van der Waals surface area contributed by atoms with Crippen molar-refractivity contribution in [2.24, 2.45) is 5.10 Å². The zero-order valence-corrected chi connectivity index (χ0v) is 23.0. The molecule has 172 valence electrons. The number of hydrogen-bond acceptors (Lipinski definition) is 6. The van der Waals surface area contributed by atoms with E-state index < -0.39 is 0 Å². The number of fused-ring (bicyclic) bond motifs is 1. The van der Waals surface area contributed by atoms with Crippen LogP contribution >= 0.6 is 56.9 Å². The molecule has 0 saturated heterocycles. The number of halogens is 2. The summed E-state index contributed by atoms with van der Waals surface area (Å²) in [5, 5.41) is 15.0. The Morgan fingerprint density at radius 3 is 2.71 bits per heavy atom. The van der Waals surface area contributed by atoms with Crippen LogP contribution < -0.4 is 11.0 Å². The van der Waals surface area contributed by atoms with Crippen LogP contribution in [0.15, 0.2) is 75.7 Å². The number of aryl methyl sites for hydroxylation is 1. The van der Waals surface area contributed by atoms with Gasteiger partial charge in [0.05, 0.1) is 32.1 Å². The fraction of sp³-hybridized carbons (Fsp3) is 0.0833. The SMILES string of the molecule is Cc1ccccc1-n1c(SCC(=O)N/N=C\c2cc(I)cc(I)c2O)nc2ccccc2c1=O. The lowest BCUT2D eigenvalue weighted by Crippen LogP contribution is -2.24. The van der Waals surface area contributed by atoms with Gasteiger partial charge in [-0.05, 0) is 88.0 Å². The predicted octanol–water partition coefficient (Wildman–Crippen LogP) is 4.85. The summed E-state index contributed by atoms with van der Waals surface area (Å²) in [5.41, 5.74) is 5.00. The van der Waals surface area contributed by atoms with E-state index in [9.17, 15) is 14.7 Å². The Morgan fingerprint density at radius 1 is 1.18 bits per heavy atom. The van der Waals surface area contributed by atoms with Gasteiger partial charge in [-0.25, -0.2) is 10.4 Å². The Labute approximate surface area is 227 Å². The lowest BCUT2D eigenvalue weighted by molar-refractivity contribution is -0.118. The number of nitrogens with zero attached hydrogens (tertiary/aromatic N) is 3. The van der Waals surface area contributed by atoms with Gasteiger partial charge in [0.2, 0.25) is 0 Å². The number of para-hydroxylation sites is 2. The summed E-state index contributed by atoms with van der Waals surface area (Å²) in [5.74, 6) is -0.250. The fourth-order valence-electron chi connectivity index (χ4n) is 3.26. The predicted molar refractivity (Wildman–Crippen MR) is 152 cm³/mol. The van der Waals surface area contributed by atoms with Crippen LogP contribution in [0, 0.1) is 14.1 Å². The average Bonchev–Trinajstić information content (AvgIpc) is 2.81. The largest absolute Gasteiger partial charge is 0.506 e. The van der Waals surface area contributed by atoms with Gasteiger partial charge in [0.25, 0.3) is 11.5 Å². The summed E-state index contributed by atoms with van der Waals surface area (Å²) in [4.78, 5) is 30.4. The van der Waals surface area contributed by atoms with Gasteiger partial charge in [-0.1, -0.05) is 42.1 Å². The number of carbonyl (C=O) groups excluding carboxylic acids is 1. The number of benzene rings is 3. The summed E-state index contributed by atoms with van der Waals surface area (Å²) < 4.78 is 3.19. The third kappa shape index (κ3) is 5.44. The molecule has 0 atom stereocenters. The van der Waals surface area contributed by atoms with Crippen molar-refractivity contribution in [3.05, 3.63) is 89.3 Å². The Kier molecular flexibility index (Phi) is 7.88. The second-order valence-corrected chi connectivity index (χ2v) is 10.6. The average molecular weight is 696 g/mol. The molecule has 0 aliphatic carbocycles. The number of rotatable bonds is 6. The Bertz CT molecular complexity index is 1490. The maximum Gasteiger partial charge on any atom is 0.266 e. The molecule has 0 bridgehead atoms. The molecule has 2 N–H and O–H groups in total. The smallest absolute Gasteiger partial charge is 0.266 e. The number of hydrazone groups is 1. The van der Waals surface area contributed by atoms with Crippen molar-refractivity contribution >= 4 is 80.0 Å². The second-order valence-electron chi connectivity index (χ2n) is 7.25. The first kappa shape index (κ1) is 24.7. The van der Waals surface area contributed by atoms with E-state index in [0.717, 1.165) is 26.6 Å². The number of aromatic nitrogens is 2. The van der Waals surface area contributed by atoms with Gasteiger partial charge in [-0.15, -0.1) is 0 Å². The molecule has 0 spiro atoms. The van der Waals surface area contributed by atoms with Gasteiger partial charge >= 0.3 is 0 Å². The summed E-state index contributed by atoms with van der Waals surface area (Å²) in [6.07, 6.45) is 1.40. The topological polar surface area (TPSA) is 96.6 Å². The van der Waals surface area contributed by atoms with Crippen LogP contribution in [-0.2, 0) is 4.79 Å². The van der Waals surface area contributed by atoms with Crippen molar-refractivity contribution in [1.29, 1.82) is 0 Å². The molecule has 7 nitrogen and oxygen atoms in total. The third-order valence-corrected chi connectivity index (χ3v) is 7.27. The number of nitrogens with one attached hydrogen (secondary N) is 1. The highest BCUT2D eigenvalue weighted by Gasteiger charge is 2.16. The van der Waals surface area contributed by atoms with Crippen LogP contribution in [0.3, 0.4) is 0 Å². The summed E-state index contributed by atoms with van der Waals surface area (Å²) >= 11 is 5.34. The number of aromatic hydroxyl groups is 1. The summed E-state index contributed by atoms with van der Waals surface area (Å²) in [6, 6.07) is 18.3. The Balaban J connectivity index is 1.58.